The average molecular weight is 274 g/mol. The molecule has 0 spiro atoms. The highest BCUT2D eigenvalue weighted by Crippen LogP contribution is 2.29. The fourth-order valence-corrected chi connectivity index (χ4v) is 3.06. The van der Waals surface area contributed by atoms with Crippen LogP contribution in [0.5, 0.6) is 0 Å². The third kappa shape index (κ3) is 2.45. The number of carbonyl (C=O) groups excluding carboxylic acids is 1. The van der Waals surface area contributed by atoms with E-state index in [1.807, 2.05) is 23.1 Å². The number of benzene rings is 1. The second kappa shape index (κ2) is 5.54. The lowest BCUT2D eigenvalue weighted by atomic mass is 9.92. The molecule has 1 amide bonds. The van der Waals surface area contributed by atoms with Crippen LogP contribution in [-0.4, -0.2) is 36.5 Å². The van der Waals surface area contributed by atoms with Crippen molar-refractivity contribution in [2.75, 3.05) is 19.7 Å². The van der Waals surface area contributed by atoms with Gasteiger partial charge in [-0.25, -0.2) is 0 Å². The second-order valence-electron chi connectivity index (χ2n) is 5.91. The van der Waals surface area contributed by atoms with Gasteiger partial charge in [-0.3, -0.25) is 4.79 Å². The van der Waals surface area contributed by atoms with Gasteiger partial charge in [-0.2, -0.15) is 0 Å². The molecule has 2 heterocycles. The molecule has 2 aliphatic heterocycles. The van der Waals surface area contributed by atoms with Crippen molar-refractivity contribution < 1.29 is 9.53 Å². The topological polar surface area (TPSA) is 55.6 Å². The fourth-order valence-electron chi connectivity index (χ4n) is 3.06. The van der Waals surface area contributed by atoms with Crippen molar-refractivity contribution in [2.24, 2.45) is 11.7 Å². The number of carbonyl (C=O) groups is 1. The maximum atomic E-state index is 12.7. The Balaban J connectivity index is 1.78. The van der Waals surface area contributed by atoms with Crippen LogP contribution in [0.25, 0.3) is 0 Å². The summed E-state index contributed by atoms with van der Waals surface area (Å²) in [4.78, 5) is 14.6. The van der Waals surface area contributed by atoms with Crippen LogP contribution in [0.3, 0.4) is 0 Å². The van der Waals surface area contributed by atoms with Crippen LogP contribution in [0.2, 0.25) is 0 Å². The standard InChI is InChI=1S/C16H22N2O2/c1-11-6-8-18(10-14(11)17)16(19)15-13-5-3-2-4-12(13)7-9-20-15/h2-5,11,14-15H,6-10,17H2,1H3. The lowest BCUT2D eigenvalue weighted by Crippen LogP contribution is -2.51. The van der Waals surface area contributed by atoms with Crippen molar-refractivity contribution in [3.05, 3.63) is 35.4 Å². The molecule has 2 N–H and O–H groups in total. The normalized spacial score (nSPS) is 29.9. The van der Waals surface area contributed by atoms with E-state index in [9.17, 15) is 4.79 Å². The molecule has 1 aromatic carbocycles. The number of rotatable bonds is 1. The Hall–Kier alpha value is -1.39. The van der Waals surface area contributed by atoms with E-state index in [-0.39, 0.29) is 11.9 Å². The Morgan fingerprint density at radius 2 is 2.20 bits per heavy atom. The number of amides is 1. The second-order valence-corrected chi connectivity index (χ2v) is 5.91. The lowest BCUT2D eigenvalue weighted by Gasteiger charge is -2.37. The Morgan fingerprint density at radius 3 is 3.00 bits per heavy atom. The molecule has 0 saturated carbocycles. The van der Waals surface area contributed by atoms with Gasteiger partial charge in [-0.05, 0) is 29.9 Å². The first kappa shape index (κ1) is 13.6. The molecule has 0 radical (unpaired) electrons. The van der Waals surface area contributed by atoms with E-state index in [2.05, 4.69) is 13.0 Å². The van der Waals surface area contributed by atoms with Crippen LogP contribution in [0.15, 0.2) is 24.3 Å². The van der Waals surface area contributed by atoms with Crippen molar-refractivity contribution in [1.82, 2.24) is 4.90 Å². The largest absolute Gasteiger partial charge is 0.363 e. The minimum atomic E-state index is -0.444. The van der Waals surface area contributed by atoms with Crippen molar-refractivity contribution in [2.45, 2.75) is 31.9 Å². The number of hydrogen-bond donors (Lipinski definition) is 1. The summed E-state index contributed by atoms with van der Waals surface area (Å²) >= 11 is 0. The minimum Gasteiger partial charge on any atom is -0.363 e. The summed E-state index contributed by atoms with van der Waals surface area (Å²) in [5.74, 6) is 0.554. The summed E-state index contributed by atoms with van der Waals surface area (Å²) in [6, 6.07) is 8.15. The van der Waals surface area contributed by atoms with Crippen LogP contribution in [0, 0.1) is 5.92 Å². The van der Waals surface area contributed by atoms with E-state index in [0.29, 0.717) is 19.1 Å². The first-order chi connectivity index (χ1) is 9.66. The highest BCUT2D eigenvalue weighted by atomic mass is 16.5. The first-order valence-electron chi connectivity index (χ1n) is 7.40. The van der Waals surface area contributed by atoms with Crippen LogP contribution >= 0.6 is 0 Å². The van der Waals surface area contributed by atoms with Crippen molar-refractivity contribution >= 4 is 5.91 Å². The Morgan fingerprint density at radius 1 is 1.40 bits per heavy atom. The van der Waals surface area contributed by atoms with Crippen LogP contribution < -0.4 is 5.73 Å². The number of piperidine rings is 1. The zero-order valence-corrected chi connectivity index (χ0v) is 11.9. The van der Waals surface area contributed by atoms with Gasteiger partial charge in [0.15, 0.2) is 6.10 Å². The summed E-state index contributed by atoms with van der Waals surface area (Å²) in [6.45, 7) is 4.19. The molecule has 4 heteroatoms. The predicted molar refractivity (Wildman–Crippen MR) is 77.2 cm³/mol. The quantitative estimate of drug-likeness (QED) is 0.844. The van der Waals surface area contributed by atoms with Gasteiger partial charge in [0.25, 0.3) is 5.91 Å². The highest BCUT2D eigenvalue weighted by molar-refractivity contribution is 5.83. The smallest absolute Gasteiger partial charge is 0.256 e. The van der Waals surface area contributed by atoms with Gasteiger partial charge in [0.2, 0.25) is 0 Å². The zero-order chi connectivity index (χ0) is 14.1. The molecule has 20 heavy (non-hydrogen) atoms. The summed E-state index contributed by atoms with van der Waals surface area (Å²) < 4.78 is 5.75. The number of fused-ring (bicyclic) bond motifs is 1. The molecule has 108 valence electrons. The molecule has 0 bridgehead atoms. The minimum absolute atomic E-state index is 0.0690. The Bertz CT molecular complexity index is 503. The zero-order valence-electron chi connectivity index (χ0n) is 11.9. The molecule has 4 nitrogen and oxygen atoms in total. The van der Waals surface area contributed by atoms with Gasteiger partial charge in [0.1, 0.15) is 0 Å². The maximum Gasteiger partial charge on any atom is 0.256 e. The summed E-state index contributed by atoms with van der Waals surface area (Å²) in [5.41, 5.74) is 8.35. The van der Waals surface area contributed by atoms with E-state index < -0.39 is 6.10 Å². The van der Waals surface area contributed by atoms with E-state index >= 15 is 0 Å². The molecule has 0 aliphatic carbocycles. The predicted octanol–water partition coefficient (Wildman–Crippen LogP) is 1.50. The number of ether oxygens (including phenoxy) is 1. The SMILES string of the molecule is CC1CCN(C(=O)C2OCCc3ccccc32)CC1N. The van der Waals surface area contributed by atoms with Gasteiger partial charge in [-0.1, -0.05) is 31.2 Å². The number of likely N-dealkylation sites (tertiary alicyclic amines) is 1. The number of nitrogens with zero attached hydrogens (tertiary/aromatic N) is 1. The van der Waals surface area contributed by atoms with Gasteiger partial charge in [0.05, 0.1) is 6.61 Å². The Kier molecular flexibility index (Phi) is 3.76. The highest BCUT2D eigenvalue weighted by Gasteiger charge is 2.34. The number of nitrogens with two attached hydrogens (primary N) is 1. The maximum absolute atomic E-state index is 12.7. The molecular weight excluding hydrogens is 252 g/mol. The van der Waals surface area contributed by atoms with Crippen LogP contribution in [-0.2, 0) is 16.0 Å². The lowest BCUT2D eigenvalue weighted by molar-refractivity contribution is -0.146. The summed E-state index contributed by atoms with van der Waals surface area (Å²) in [7, 11) is 0. The molecular formula is C16H22N2O2. The van der Waals surface area contributed by atoms with E-state index in [4.69, 9.17) is 10.5 Å². The van der Waals surface area contributed by atoms with E-state index in [1.165, 1.54) is 5.56 Å². The van der Waals surface area contributed by atoms with Crippen molar-refractivity contribution in [3.63, 3.8) is 0 Å². The third-order valence-corrected chi connectivity index (χ3v) is 4.55. The number of hydrogen-bond acceptors (Lipinski definition) is 3. The first-order valence-corrected chi connectivity index (χ1v) is 7.40. The average Bonchev–Trinajstić information content (AvgIpc) is 2.49. The summed E-state index contributed by atoms with van der Waals surface area (Å²) in [6.07, 6.45) is 1.41. The van der Waals surface area contributed by atoms with Crippen molar-refractivity contribution in [1.29, 1.82) is 0 Å². The molecule has 2 aliphatic rings. The Labute approximate surface area is 119 Å². The monoisotopic (exact) mass is 274 g/mol. The molecule has 3 unspecified atom stereocenters. The third-order valence-electron chi connectivity index (χ3n) is 4.55. The molecule has 1 fully saturated rings. The molecule has 0 aromatic heterocycles. The van der Waals surface area contributed by atoms with Gasteiger partial charge in [0, 0.05) is 19.1 Å². The fraction of sp³-hybridized carbons (Fsp3) is 0.562. The van der Waals surface area contributed by atoms with E-state index in [0.717, 1.165) is 24.9 Å². The molecule has 1 aromatic rings. The van der Waals surface area contributed by atoms with E-state index in [1.54, 1.807) is 0 Å². The van der Waals surface area contributed by atoms with Crippen LogP contribution in [0.4, 0.5) is 0 Å². The summed E-state index contributed by atoms with van der Waals surface area (Å²) in [5, 5.41) is 0. The van der Waals surface area contributed by atoms with Gasteiger partial charge in [-0.15, -0.1) is 0 Å². The molecule has 1 saturated heterocycles. The molecule has 3 rings (SSSR count). The van der Waals surface area contributed by atoms with Crippen molar-refractivity contribution in [3.8, 4) is 0 Å². The molecule has 3 atom stereocenters. The van der Waals surface area contributed by atoms with Crippen LogP contribution in [0.1, 0.15) is 30.6 Å². The van der Waals surface area contributed by atoms with Gasteiger partial charge >= 0.3 is 0 Å². The van der Waals surface area contributed by atoms with Gasteiger partial charge < -0.3 is 15.4 Å².